The van der Waals surface area contributed by atoms with E-state index in [0.717, 1.165) is 69.8 Å². The Morgan fingerprint density at radius 3 is 2.70 bits per heavy atom. The van der Waals surface area contributed by atoms with Gasteiger partial charge >= 0.3 is 0 Å². The third kappa shape index (κ3) is 4.06. The van der Waals surface area contributed by atoms with Gasteiger partial charge < -0.3 is 4.90 Å². The van der Waals surface area contributed by atoms with Crippen molar-refractivity contribution in [2.45, 2.75) is 39.2 Å². The Morgan fingerprint density at radius 2 is 1.89 bits per heavy atom. The number of hydrogen-bond donors (Lipinski definition) is 0. The summed E-state index contributed by atoms with van der Waals surface area (Å²) < 4.78 is 0. The molecular formula is C23H29N3O. The molecule has 2 fully saturated rings. The van der Waals surface area contributed by atoms with Crippen LogP contribution in [0.5, 0.6) is 0 Å². The Hall–Kier alpha value is -2.20. The predicted octanol–water partition coefficient (Wildman–Crippen LogP) is 3.45. The summed E-state index contributed by atoms with van der Waals surface area (Å²) in [6.45, 7) is 6.50. The van der Waals surface area contributed by atoms with Gasteiger partial charge in [-0.2, -0.15) is 0 Å². The van der Waals surface area contributed by atoms with E-state index in [9.17, 15) is 4.79 Å². The van der Waals surface area contributed by atoms with Crippen LogP contribution in [0.25, 0.3) is 0 Å². The van der Waals surface area contributed by atoms with Crippen LogP contribution in [0.2, 0.25) is 0 Å². The summed E-state index contributed by atoms with van der Waals surface area (Å²) in [7, 11) is 0. The van der Waals surface area contributed by atoms with E-state index in [-0.39, 0.29) is 5.41 Å². The van der Waals surface area contributed by atoms with Crippen molar-refractivity contribution in [3.05, 3.63) is 65.5 Å². The molecule has 0 N–H and O–H groups in total. The third-order valence-corrected chi connectivity index (χ3v) is 6.10. The molecule has 4 heteroatoms. The smallest absolute Gasteiger partial charge is 0.230 e. The molecule has 4 rings (SSSR count). The van der Waals surface area contributed by atoms with Crippen molar-refractivity contribution < 1.29 is 4.79 Å². The van der Waals surface area contributed by atoms with Gasteiger partial charge in [0.2, 0.25) is 5.91 Å². The van der Waals surface area contributed by atoms with Crippen LogP contribution < -0.4 is 0 Å². The first-order valence-corrected chi connectivity index (χ1v) is 10.1. The maximum atomic E-state index is 13.3. The zero-order valence-electron chi connectivity index (χ0n) is 16.2. The highest BCUT2D eigenvalue weighted by Gasteiger charge is 2.48. The van der Waals surface area contributed by atoms with E-state index >= 15 is 0 Å². The average molecular weight is 364 g/mol. The lowest BCUT2D eigenvalue weighted by atomic mass is 9.78. The average Bonchev–Trinajstić information content (AvgIpc) is 3.07. The van der Waals surface area contributed by atoms with Crippen LogP contribution in [0.15, 0.2) is 48.5 Å². The predicted molar refractivity (Wildman–Crippen MR) is 107 cm³/mol. The van der Waals surface area contributed by atoms with Crippen LogP contribution in [0.3, 0.4) is 0 Å². The van der Waals surface area contributed by atoms with Gasteiger partial charge in [0.05, 0.1) is 11.1 Å². The minimum absolute atomic E-state index is 0.168. The standard InChI is InChI=1S/C23H29N3O/c1-19-7-5-10-21(24-19)17-25-16-13-23(18-25)12-6-14-26(22(23)27)15-11-20-8-3-2-4-9-20/h2-5,7-10H,6,11-18H2,1H3. The van der Waals surface area contributed by atoms with E-state index in [1.165, 1.54) is 5.56 Å². The number of hydrogen-bond acceptors (Lipinski definition) is 3. The number of piperidine rings is 1. The second-order valence-electron chi connectivity index (χ2n) is 8.14. The van der Waals surface area contributed by atoms with Gasteiger partial charge in [0.15, 0.2) is 0 Å². The number of benzene rings is 1. The molecule has 27 heavy (non-hydrogen) atoms. The number of amides is 1. The molecule has 2 saturated heterocycles. The lowest BCUT2D eigenvalue weighted by Gasteiger charge is -2.39. The van der Waals surface area contributed by atoms with Crippen molar-refractivity contribution >= 4 is 5.91 Å². The van der Waals surface area contributed by atoms with E-state index in [2.05, 4.69) is 51.2 Å². The molecule has 0 radical (unpaired) electrons. The number of nitrogens with zero attached hydrogens (tertiary/aromatic N) is 3. The van der Waals surface area contributed by atoms with Crippen LogP contribution in [0, 0.1) is 12.3 Å². The van der Waals surface area contributed by atoms with E-state index in [1.54, 1.807) is 0 Å². The van der Waals surface area contributed by atoms with Gasteiger partial charge in [0, 0.05) is 31.9 Å². The second kappa shape index (κ2) is 7.81. The van der Waals surface area contributed by atoms with Gasteiger partial charge in [-0.25, -0.2) is 0 Å². The van der Waals surface area contributed by atoms with Crippen molar-refractivity contribution in [1.82, 2.24) is 14.8 Å². The number of likely N-dealkylation sites (tertiary alicyclic amines) is 2. The third-order valence-electron chi connectivity index (χ3n) is 6.10. The highest BCUT2D eigenvalue weighted by atomic mass is 16.2. The molecule has 2 aliphatic rings. The fourth-order valence-corrected chi connectivity index (χ4v) is 4.66. The summed E-state index contributed by atoms with van der Waals surface area (Å²) in [4.78, 5) is 22.5. The van der Waals surface area contributed by atoms with Crippen LogP contribution in [-0.2, 0) is 17.8 Å². The van der Waals surface area contributed by atoms with Crippen molar-refractivity contribution in [2.75, 3.05) is 26.2 Å². The fourth-order valence-electron chi connectivity index (χ4n) is 4.66. The van der Waals surface area contributed by atoms with E-state index < -0.39 is 0 Å². The lowest BCUT2D eigenvalue weighted by molar-refractivity contribution is -0.145. The minimum atomic E-state index is -0.168. The summed E-state index contributed by atoms with van der Waals surface area (Å²) in [5, 5.41) is 0. The molecule has 0 bridgehead atoms. The molecule has 1 unspecified atom stereocenters. The van der Waals surface area contributed by atoms with Gasteiger partial charge in [0.1, 0.15) is 0 Å². The molecule has 1 aromatic heterocycles. The summed E-state index contributed by atoms with van der Waals surface area (Å²) in [5.41, 5.74) is 3.31. The van der Waals surface area contributed by atoms with E-state index in [0.29, 0.717) is 5.91 Å². The van der Waals surface area contributed by atoms with Gasteiger partial charge in [-0.1, -0.05) is 36.4 Å². The Labute approximate surface area is 162 Å². The SMILES string of the molecule is Cc1cccc(CN2CCC3(CCCN(CCc4ccccc4)C3=O)C2)n1. The number of carbonyl (C=O) groups is 1. The first-order valence-electron chi connectivity index (χ1n) is 10.1. The number of aromatic nitrogens is 1. The number of rotatable bonds is 5. The lowest BCUT2D eigenvalue weighted by Crippen LogP contribution is -2.50. The highest BCUT2D eigenvalue weighted by molar-refractivity contribution is 5.84. The van der Waals surface area contributed by atoms with Crippen molar-refractivity contribution in [3.63, 3.8) is 0 Å². The van der Waals surface area contributed by atoms with Crippen molar-refractivity contribution in [3.8, 4) is 0 Å². The zero-order valence-corrected chi connectivity index (χ0v) is 16.2. The Kier molecular flexibility index (Phi) is 5.26. The molecular weight excluding hydrogens is 334 g/mol. The number of pyridine rings is 1. The second-order valence-corrected chi connectivity index (χ2v) is 8.14. The molecule has 142 valence electrons. The molecule has 3 heterocycles. The molecule has 1 atom stereocenters. The quantitative estimate of drug-likeness (QED) is 0.816. The molecule has 1 aromatic carbocycles. The van der Waals surface area contributed by atoms with Crippen molar-refractivity contribution in [2.24, 2.45) is 5.41 Å². The minimum Gasteiger partial charge on any atom is -0.342 e. The van der Waals surface area contributed by atoms with E-state index in [4.69, 9.17) is 0 Å². The molecule has 2 aliphatic heterocycles. The highest BCUT2D eigenvalue weighted by Crippen LogP contribution is 2.40. The summed E-state index contributed by atoms with van der Waals surface area (Å²) in [5.74, 6) is 0.379. The Balaban J connectivity index is 1.38. The van der Waals surface area contributed by atoms with Crippen LogP contribution in [0.4, 0.5) is 0 Å². The summed E-state index contributed by atoms with van der Waals surface area (Å²) >= 11 is 0. The van der Waals surface area contributed by atoms with Gasteiger partial charge in [-0.3, -0.25) is 14.7 Å². The molecule has 0 aliphatic carbocycles. The van der Waals surface area contributed by atoms with Gasteiger partial charge in [-0.15, -0.1) is 0 Å². The van der Waals surface area contributed by atoms with Gasteiger partial charge in [0.25, 0.3) is 0 Å². The topological polar surface area (TPSA) is 36.4 Å². The molecule has 2 aromatic rings. The molecule has 1 spiro atoms. The summed E-state index contributed by atoms with van der Waals surface area (Å²) in [6.07, 6.45) is 4.08. The normalized spacial score (nSPS) is 23.3. The fraction of sp³-hybridized carbons (Fsp3) is 0.478. The Morgan fingerprint density at radius 1 is 1.04 bits per heavy atom. The maximum Gasteiger partial charge on any atom is 0.230 e. The number of carbonyl (C=O) groups excluding carboxylic acids is 1. The number of aryl methyl sites for hydroxylation is 1. The first kappa shape index (κ1) is 18.2. The molecule has 1 amide bonds. The molecule has 0 saturated carbocycles. The maximum absolute atomic E-state index is 13.3. The van der Waals surface area contributed by atoms with Crippen LogP contribution >= 0.6 is 0 Å². The van der Waals surface area contributed by atoms with Crippen molar-refractivity contribution in [1.29, 1.82) is 0 Å². The molecule has 4 nitrogen and oxygen atoms in total. The Bertz CT molecular complexity index is 791. The van der Waals surface area contributed by atoms with E-state index in [1.807, 2.05) is 19.1 Å². The summed E-state index contributed by atoms with van der Waals surface area (Å²) in [6, 6.07) is 16.7. The van der Waals surface area contributed by atoms with Crippen LogP contribution in [0.1, 0.15) is 36.2 Å². The first-order chi connectivity index (χ1) is 13.1. The van der Waals surface area contributed by atoms with Gasteiger partial charge in [-0.05, 0) is 56.8 Å². The van der Waals surface area contributed by atoms with Crippen LogP contribution in [-0.4, -0.2) is 46.9 Å². The monoisotopic (exact) mass is 363 g/mol. The largest absolute Gasteiger partial charge is 0.342 e. The zero-order chi connectivity index (χ0) is 18.7.